The highest BCUT2D eigenvalue weighted by molar-refractivity contribution is 6.09. The number of aromatic nitrogens is 5. The maximum Gasteiger partial charge on any atom is 0.148 e. The molecule has 0 spiro atoms. The number of para-hydroxylation sites is 2. The SMILES string of the molecule is CC(C)c1cccc(C(C)C)c1-n1ccnc1-c1cc2c3cncnc3n(-c3ccccc3)c2cc1C(C)(C)C(C)(C)C. The minimum absolute atomic E-state index is 0.0187. The molecule has 0 saturated heterocycles. The van der Waals surface area contributed by atoms with E-state index >= 15 is 0 Å². The molecule has 0 amide bonds. The zero-order valence-electron chi connectivity index (χ0n) is 27.0. The molecule has 0 fully saturated rings. The van der Waals surface area contributed by atoms with Crippen LogP contribution in [-0.2, 0) is 5.41 Å². The van der Waals surface area contributed by atoms with Crippen LogP contribution in [0, 0.1) is 5.41 Å². The van der Waals surface area contributed by atoms with Crippen LogP contribution in [0.15, 0.2) is 85.6 Å². The summed E-state index contributed by atoms with van der Waals surface area (Å²) in [5, 5.41) is 2.16. The van der Waals surface area contributed by atoms with Crippen LogP contribution in [0.4, 0.5) is 0 Å². The van der Waals surface area contributed by atoms with Crippen molar-refractivity contribution < 1.29 is 0 Å². The maximum absolute atomic E-state index is 5.10. The highest BCUT2D eigenvalue weighted by atomic mass is 15.1. The Bertz CT molecular complexity index is 1900. The Labute approximate surface area is 255 Å². The number of hydrogen-bond acceptors (Lipinski definition) is 3. The van der Waals surface area contributed by atoms with E-state index in [2.05, 4.69) is 143 Å². The summed E-state index contributed by atoms with van der Waals surface area (Å²) < 4.78 is 4.61. The topological polar surface area (TPSA) is 48.5 Å². The second-order valence-electron chi connectivity index (χ2n) is 13.9. The Kier molecular flexibility index (Phi) is 7.03. The quantitative estimate of drug-likeness (QED) is 0.200. The lowest BCUT2D eigenvalue weighted by atomic mass is 9.64. The zero-order valence-corrected chi connectivity index (χ0v) is 27.0. The van der Waals surface area contributed by atoms with E-state index in [0.29, 0.717) is 11.8 Å². The van der Waals surface area contributed by atoms with E-state index < -0.39 is 0 Å². The van der Waals surface area contributed by atoms with Crippen LogP contribution in [0.5, 0.6) is 0 Å². The number of nitrogens with zero attached hydrogens (tertiary/aromatic N) is 5. The van der Waals surface area contributed by atoms with Crippen molar-refractivity contribution in [2.75, 3.05) is 0 Å². The summed E-state index contributed by atoms with van der Waals surface area (Å²) in [6.45, 7) is 20.8. The molecule has 5 nitrogen and oxygen atoms in total. The fourth-order valence-corrected chi connectivity index (χ4v) is 6.21. The van der Waals surface area contributed by atoms with Gasteiger partial charge in [-0.2, -0.15) is 0 Å². The first kappa shape index (κ1) is 28.9. The minimum Gasteiger partial charge on any atom is -0.299 e. The second-order valence-corrected chi connectivity index (χ2v) is 13.9. The molecule has 0 radical (unpaired) electrons. The van der Waals surface area contributed by atoms with Gasteiger partial charge in [0.25, 0.3) is 0 Å². The number of fused-ring (bicyclic) bond motifs is 3. The van der Waals surface area contributed by atoms with Gasteiger partial charge in [-0.3, -0.25) is 9.13 Å². The van der Waals surface area contributed by atoms with Gasteiger partial charge in [0, 0.05) is 40.6 Å². The first-order valence-electron chi connectivity index (χ1n) is 15.4. The van der Waals surface area contributed by atoms with Gasteiger partial charge in [-0.15, -0.1) is 0 Å². The largest absolute Gasteiger partial charge is 0.299 e. The Hall–Kier alpha value is -4.25. The van der Waals surface area contributed by atoms with Crippen molar-refractivity contribution in [3.05, 3.63) is 102 Å². The molecule has 0 aliphatic heterocycles. The molecule has 3 aromatic heterocycles. The van der Waals surface area contributed by atoms with Crippen molar-refractivity contribution in [2.24, 2.45) is 5.41 Å². The van der Waals surface area contributed by atoms with E-state index in [1.54, 1.807) is 6.33 Å². The first-order chi connectivity index (χ1) is 20.4. The monoisotopic (exact) mass is 569 g/mol. The van der Waals surface area contributed by atoms with Crippen molar-refractivity contribution in [3.63, 3.8) is 0 Å². The molecule has 3 heterocycles. The molecule has 6 rings (SSSR count). The molecular weight excluding hydrogens is 526 g/mol. The van der Waals surface area contributed by atoms with Crippen molar-refractivity contribution in [1.29, 1.82) is 0 Å². The number of hydrogen-bond donors (Lipinski definition) is 0. The second kappa shape index (κ2) is 10.5. The van der Waals surface area contributed by atoms with Gasteiger partial charge >= 0.3 is 0 Å². The number of imidazole rings is 1. The highest BCUT2D eigenvalue weighted by Crippen LogP contribution is 2.47. The molecule has 3 aromatic carbocycles. The molecule has 43 heavy (non-hydrogen) atoms. The minimum atomic E-state index is -0.185. The van der Waals surface area contributed by atoms with E-state index in [0.717, 1.165) is 39.0 Å². The van der Waals surface area contributed by atoms with Crippen molar-refractivity contribution >= 4 is 21.9 Å². The average Bonchev–Trinajstić information content (AvgIpc) is 3.58. The molecule has 0 aliphatic carbocycles. The molecule has 5 heteroatoms. The van der Waals surface area contributed by atoms with E-state index in [1.807, 2.05) is 12.4 Å². The van der Waals surface area contributed by atoms with Crippen LogP contribution in [0.2, 0.25) is 0 Å². The van der Waals surface area contributed by atoms with Crippen molar-refractivity contribution in [2.45, 2.75) is 79.6 Å². The maximum atomic E-state index is 5.10. The van der Waals surface area contributed by atoms with Gasteiger partial charge in [-0.05, 0) is 63.6 Å². The zero-order chi connectivity index (χ0) is 30.7. The van der Waals surface area contributed by atoms with Crippen LogP contribution >= 0.6 is 0 Å². The Morgan fingerprint density at radius 1 is 0.744 bits per heavy atom. The van der Waals surface area contributed by atoms with E-state index in [1.165, 1.54) is 22.4 Å². The van der Waals surface area contributed by atoms with E-state index in [4.69, 9.17) is 9.97 Å². The van der Waals surface area contributed by atoms with E-state index in [9.17, 15) is 0 Å². The van der Waals surface area contributed by atoms with E-state index in [-0.39, 0.29) is 10.8 Å². The van der Waals surface area contributed by atoms with Crippen molar-refractivity contribution in [1.82, 2.24) is 24.1 Å². The third-order valence-corrected chi connectivity index (χ3v) is 9.60. The molecule has 0 saturated carbocycles. The lowest BCUT2D eigenvalue weighted by Crippen LogP contribution is -2.34. The summed E-state index contributed by atoms with van der Waals surface area (Å²) in [5.74, 6) is 1.71. The molecule has 6 aromatic rings. The van der Waals surface area contributed by atoms with Gasteiger partial charge in [0.15, 0.2) is 0 Å². The fourth-order valence-electron chi connectivity index (χ4n) is 6.21. The summed E-state index contributed by atoms with van der Waals surface area (Å²) >= 11 is 0. The normalized spacial score (nSPS) is 12.7. The Balaban J connectivity index is 1.75. The summed E-state index contributed by atoms with van der Waals surface area (Å²) in [6.07, 6.45) is 7.67. The summed E-state index contributed by atoms with van der Waals surface area (Å²) in [6, 6.07) is 22.0. The summed E-state index contributed by atoms with van der Waals surface area (Å²) in [7, 11) is 0. The highest BCUT2D eigenvalue weighted by Gasteiger charge is 2.38. The molecule has 0 atom stereocenters. The summed E-state index contributed by atoms with van der Waals surface area (Å²) in [5.41, 5.74) is 9.23. The smallest absolute Gasteiger partial charge is 0.148 e. The van der Waals surface area contributed by atoms with Crippen molar-refractivity contribution in [3.8, 4) is 22.8 Å². The molecule has 0 N–H and O–H groups in total. The van der Waals surface area contributed by atoms with Gasteiger partial charge in [-0.25, -0.2) is 15.0 Å². The van der Waals surface area contributed by atoms with Crippen LogP contribution in [0.25, 0.3) is 44.7 Å². The number of rotatable bonds is 6. The van der Waals surface area contributed by atoms with Gasteiger partial charge in [0.2, 0.25) is 0 Å². The molecular formula is C38H43N5. The van der Waals surface area contributed by atoms with Crippen LogP contribution in [0.1, 0.15) is 90.8 Å². The molecule has 0 unspecified atom stereocenters. The standard InChI is InChI=1S/C38H43N5/c1-24(2)27-16-13-17-28(25(3)4)34(27)42-19-18-40-35(42)30-20-29-31-22-39-23-41-36(31)43(26-14-11-10-12-15-26)33(29)21-32(30)38(8,9)37(5,6)7/h10-25H,1-9H3. The first-order valence-corrected chi connectivity index (χ1v) is 15.4. The Morgan fingerprint density at radius 2 is 1.42 bits per heavy atom. The summed E-state index contributed by atoms with van der Waals surface area (Å²) in [4.78, 5) is 14.3. The van der Waals surface area contributed by atoms with Crippen LogP contribution in [-0.4, -0.2) is 24.1 Å². The van der Waals surface area contributed by atoms with Gasteiger partial charge < -0.3 is 0 Å². The van der Waals surface area contributed by atoms with Gasteiger partial charge in [0.05, 0.1) is 11.2 Å². The molecule has 220 valence electrons. The molecule has 0 bridgehead atoms. The third kappa shape index (κ3) is 4.66. The number of benzene rings is 3. The Morgan fingerprint density at radius 3 is 2.05 bits per heavy atom. The van der Waals surface area contributed by atoms with Gasteiger partial charge in [0.1, 0.15) is 17.8 Å². The lowest BCUT2D eigenvalue weighted by Gasteiger charge is -2.40. The van der Waals surface area contributed by atoms with Gasteiger partial charge in [-0.1, -0.05) is 98.7 Å². The predicted octanol–water partition coefficient (Wildman–Crippen LogP) is 10.00. The lowest BCUT2D eigenvalue weighted by molar-refractivity contribution is 0.226. The predicted molar refractivity (Wildman–Crippen MR) is 180 cm³/mol. The van der Waals surface area contributed by atoms with Crippen LogP contribution < -0.4 is 0 Å². The third-order valence-electron chi connectivity index (χ3n) is 9.60. The average molecular weight is 570 g/mol. The van der Waals surface area contributed by atoms with Crippen LogP contribution in [0.3, 0.4) is 0 Å². The fraction of sp³-hybridized carbons (Fsp3) is 0.342. The molecule has 0 aliphatic rings.